The number of aromatic nitrogens is 1. The molecule has 3 aliphatic rings. The predicted octanol–water partition coefficient (Wildman–Crippen LogP) is 7.99. The van der Waals surface area contributed by atoms with E-state index >= 15 is 0 Å². The van der Waals surface area contributed by atoms with Crippen molar-refractivity contribution in [3.8, 4) is 11.3 Å². The maximum atomic E-state index is 13.7. The van der Waals surface area contributed by atoms with Crippen LogP contribution in [0.2, 0.25) is 10.0 Å². The van der Waals surface area contributed by atoms with E-state index in [0.29, 0.717) is 53.1 Å². The van der Waals surface area contributed by atoms with Crippen LogP contribution >= 0.6 is 23.2 Å². The Morgan fingerprint density at radius 3 is 2.33 bits per heavy atom. The van der Waals surface area contributed by atoms with Crippen molar-refractivity contribution in [2.24, 2.45) is 0 Å². The number of anilines is 1. The van der Waals surface area contributed by atoms with Crippen LogP contribution in [0.25, 0.3) is 11.3 Å². The molecule has 6 rings (SSSR count). The molecule has 2 N–H and O–H groups in total. The van der Waals surface area contributed by atoms with E-state index in [-0.39, 0.29) is 30.7 Å². The van der Waals surface area contributed by atoms with Crippen LogP contribution < -0.4 is 5.32 Å². The highest BCUT2D eigenvalue weighted by Gasteiger charge is 2.45. The van der Waals surface area contributed by atoms with Crippen LogP contribution in [-0.4, -0.2) is 45.4 Å². The zero-order valence-corrected chi connectivity index (χ0v) is 23.6. The standard InChI is InChI=1S/C29H26Cl2F3N3O5/c30-21-2-1-3-22(31)24(21)25-19(26(42-36-25)14-4-5-14)13-41-18-11-16-7-8-17(12-18)37(16)28(40)35-23-9-6-15(27(38)39)10-20(23)29(32,33)34/h1-3,6,9-10,14,16-18H,4-5,7-8,11-13H2,(H,35,40)(H,38,39). The van der Waals surface area contributed by atoms with Crippen LogP contribution in [-0.2, 0) is 17.5 Å². The average molecular weight is 624 g/mol. The van der Waals surface area contributed by atoms with E-state index < -0.39 is 35.0 Å². The largest absolute Gasteiger partial charge is 0.478 e. The average Bonchev–Trinajstić information content (AvgIpc) is 3.63. The van der Waals surface area contributed by atoms with Gasteiger partial charge in [0.1, 0.15) is 11.5 Å². The lowest BCUT2D eigenvalue weighted by molar-refractivity contribution is -0.136. The zero-order valence-electron chi connectivity index (χ0n) is 22.1. The molecule has 1 saturated carbocycles. The van der Waals surface area contributed by atoms with E-state index in [9.17, 15) is 22.8 Å². The third kappa shape index (κ3) is 5.57. The Labute approximate surface area is 248 Å². The number of nitrogens with one attached hydrogen (secondary N) is 1. The highest BCUT2D eigenvalue weighted by atomic mass is 35.5. The number of carbonyl (C=O) groups excluding carboxylic acids is 1. The summed E-state index contributed by atoms with van der Waals surface area (Å²) in [5, 5.41) is 16.7. The molecule has 3 fully saturated rings. The number of carboxylic acids is 1. The number of nitrogens with zero attached hydrogens (tertiary/aromatic N) is 2. The summed E-state index contributed by atoms with van der Waals surface area (Å²) in [6.45, 7) is 0.216. The lowest BCUT2D eigenvalue weighted by atomic mass is 9.99. The molecule has 3 heterocycles. The van der Waals surface area contributed by atoms with Gasteiger partial charge in [0, 0.05) is 29.1 Å². The number of hydrogen-bond donors (Lipinski definition) is 2. The molecule has 2 unspecified atom stereocenters. The number of amides is 2. The molecule has 0 spiro atoms. The van der Waals surface area contributed by atoms with Crippen molar-refractivity contribution in [1.29, 1.82) is 0 Å². The van der Waals surface area contributed by atoms with Gasteiger partial charge in [-0.05, 0) is 68.9 Å². The second-order valence-corrected chi connectivity index (χ2v) is 11.7. The number of urea groups is 1. The summed E-state index contributed by atoms with van der Waals surface area (Å²) in [5.41, 5.74) is -0.296. The number of halogens is 5. The Kier molecular flexibility index (Phi) is 7.61. The van der Waals surface area contributed by atoms with Gasteiger partial charge in [-0.2, -0.15) is 13.2 Å². The Morgan fingerprint density at radius 1 is 1.07 bits per heavy atom. The lowest BCUT2D eigenvalue weighted by Gasteiger charge is -2.38. The van der Waals surface area contributed by atoms with Crippen LogP contribution in [0.4, 0.5) is 23.7 Å². The molecule has 8 nitrogen and oxygen atoms in total. The van der Waals surface area contributed by atoms with Crippen LogP contribution in [0.3, 0.4) is 0 Å². The smallest absolute Gasteiger partial charge is 0.418 e. The Balaban J connectivity index is 1.16. The fourth-order valence-electron chi connectivity index (χ4n) is 6.04. The van der Waals surface area contributed by atoms with Crippen molar-refractivity contribution in [2.45, 2.75) is 75.4 Å². The topological polar surface area (TPSA) is 105 Å². The molecule has 2 amide bonds. The van der Waals surface area contributed by atoms with E-state index in [2.05, 4.69) is 10.5 Å². The van der Waals surface area contributed by atoms with Crippen molar-refractivity contribution in [3.63, 3.8) is 0 Å². The van der Waals surface area contributed by atoms with Gasteiger partial charge in [0.05, 0.1) is 39.6 Å². The number of benzene rings is 2. The number of hydrogen-bond acceptors (Lipinski definition) is 5. The van der Waals surface area contributed by atoms with E-state index in [1.807, 2.05) is 0 Å². The summed E-state index contributed by atoms with van der Waals surface area (Å²) in [6.07, 6.45) is -0.631. The minimum absolute atomic E-state index is 0.191. The summed E-state index contributed by atoms with van der Waals surface area (Å²) >= 11 is 12.9. The molecule has 1 aromatic heterocycles. The first kappa shape index (κ1) is 28.8. The molecule has 2 bridgehead atoms. The number of alkyl halides is 3. The molecule has 3 aromatic rings. The molecule has 222 valence electrons. The zero-order chi connectivity index (χ0) is 29.8. The van der Waals surface area contributed by atoms with Gasteiger partial charge in [-0.25, -0.2) is 9.59 Å². The minimum Gasteiger partial charge on any atom is -0.478 e. The predicted molar refractivity (Wildman–Crippen MR) is 148 cm³/mol. The van der Waals surface area contributed by atoms with E-state index in [4.69, 9.17) is 37.6 Å². The fraction of sp³-hybridized carbons (Fsp3) is 0.414. The van der Waals surface area contributed by atoms with Crippen LogP contribution in [0.5, 0.6) is 0 Å². The van der Waals surface area contributed by atoms with Crippen molar-refractivity contribution in [2.75, 3.05) is 5.32 Å². The van der Waals surface area contributed by atoms with Crippen LogP contribution in [0.15, 0.2) is 40.9 Å². The maximum absolute atomic E-state index is 13.7. The number of ether oxygens (including phenoxy) is 1. The molecule has 2 saturated heterocycles. The van der Waals surface area contributed by atoms with Gasteiger partial charge in [-0.1, -0.05) is 34.4 Å². The van der Waals surface area contributed by atoms with Crippen molar-refractivity contribution < 1.29 is 37.1 Å². The van der Waals surface area contributed by atoms with Crippen LogP contribution in [0, 0.1) is 0 Å². The SMILES string of the molecule is O=C(O)c1ccc(NC(=O)N2C3CCC2CC(OCc2c(-c4c(Cl)cccc4Cl)noc2C2CC2)C3)c(C(F)(F)F)c1. The van der Waals surface area contributed by atoms with E-state index in [0.717, 1.165) is 36.3 Å². The number of carboxylic acid groups (broad SMARTS) is 1. The Hall–Kier alpha value is -3.28. The molecule has 2 aromatic carbocycles. The summed E-state index contributed by atoms with van der Waals surface area (Å²) < 4.78 is 53.1. The van der Waals surface area contributed by atoms with E-state index in [1.54, 1.807) is 23.1 Å². The molecule has 13 heteroatoms. The summed E-state index contributed by atoms with van der Waals surface area (Å²) in [5.74, 6) is -0.467. The van der Waals surface area contributed by atoms with Crippen molar-refractivity contribution in [1.82, 2.24) is 10.1 Å². The Morgan fingerprint density at radius 2 is 1.74 bits per heavy atom. The summed E-state index contributed by atoms with van der Waals surface area (Å²) in [7, 11) is 0. The van der Waals surface area contributed by atoms with Gasteiger partial charge in [0.2, 0.25) is 0 Å². The minimum atomic E-state index is -4.85. The highest BCUT2D eigenvalue weighted by Crippen LogP contribution is 2.47. The molecule has 2 aliphatic heterocycles. The molecule has 1 aliphatic carbocycles. The highest BCUT2D eigenvalue weighted by molar-refractivity contribution is 6.39. The molecule has 0 radical (unpaired) electrons. The monoisotopic (exact) mass is 623 g/mol. The third-order valence-electron chi connectivity index (χ3n) is 8.17. The van der Waals surface area contributed by atoms with E-state index in [1.165, 1.54) is 0 Å². The molecule has 42 heavy (non-hydrogen) atoms. The first-order valence-electron chi connectivity index (χ1n) is 13.6. The van der Waals surface area contributed by atoms with Crippen LogP contribution in [0.1, 0.15) is 71.7 Å². The normalized spacial score (nSPS) is 21.9. The number of fused-ring (bicyclic) bond motifs is 2. The van der Waals surface area contributed by atoms with Gasteiger partial charge in [0.15, 0.2) is 0 Å². The maximum Gasteiger partial charge on any atom is 0.418 e. The number of aromatic carboxylic acids is 1. The first-order valence-corrected chi connectivity index (χ1v) is 14.3. The number of rotatable bonds is 7. The van der Waals surface area contributed by atoms with Gasteiger partial charge in [0.25, 0.3) is 0 Å². The second-order valence-electron chi connectivity index (χ2n) is 10.9. The van der Waals surface area contributed by atoms with Gasteiger partial charge in [-0.15, -0.1) is 0 Å². The molecular formula is C29H26Cl2F3N3O5. The number of piperidine rings is 1. The van der Waals surface area contributed by atoms with Gasteiger partial charge < -0.3 is 24.6 Å². The summed E-state index contributed by atoms with van der Waals surface area (Å²) in [6, 6.07) is 6.66. The van der Waals surface area contributed by atoms with Crippen molar-refractivity contribution >= 4 is 40.9 Å². The van der Waals surface area contributed by atoms with Gasteiger partial charge >= 0.3 is 18.2 Å². The fourth-order valence-corrected chi connectivity index (χ4v) is 6.62. The third-order valence-corrected chi connectivity index (χ3v) is 8.80. The van der Waals surface area contributed by atoms with Gasteiger partial charge in [-0.3, -0.25) is 0 Å². The quantitative estimate of drug-likeness (QED) is 0.276. The number of carbonyl (C=O) groups is 2. The van der Waals surface area contributed by atoms with Crippen molar-refractivity contribution in [3.05, 3.63) is 68.9 Å². The first-order chi connectivity index (χ1) is 20.0. The summed E-state index contributed by atoms with van der Waals surface area (Å²) in [4.78, 5) is 26.0. The molecular weight excluding hydrogens is 598 g/mol. The lowest BCUT2D eigenvalue weighted by Crippen LogP contribution is -2.50. The second kappa shape index (κ2) is 11.1. The Bertz CT molecular complexity index is 1510. The molecule has 2 atom stereocenters.